The standard InChI is InChI=1S/C45H35B5N2/c46-40-39(41(47)43(49)44(50)42(40)48)28-20-18-26(19-21-28)37-31-12-4-6-14-33(31)38(34-15-7-5-13-32(34)37)27-22-24-29(25-23-27)45-51-35-16-8-9-17-36(35)52(45)30-10-2-1-3-11-30/h1-25H,46-50H2. The summed E-state index contributed by atoms with van der Waals surface area (Å²) in [6, 6.07) is 54.9. The molecule has 1 aromatic heterocycles. The van der Waals surface area contributed by atoms with E-state index in [1.165, 1.54) is 82.2 Å². The van der Waals surface area contributed by atoms with Gasteiger partial charge in [0.2, 0.25) is 0 Å². The second-order valence-corrected chi connectivity index (χ2v) is 14.1. The number of benzene rings is 8. The molecule has 0 radical (unpaired) electrons. The molecule has 1 heterocycles. The molecule has 9 aromatic rings. The van der Waals surface area contributed by atoms with Crippen molar-refractivity contribution in [3.05, 3.63) is 152 Å². The summed E-state index contributed by atoms with van der Waals surface area (Å²) in [4.78, 5) is 5.12. The van der Waals surface area contributed by atoms with Gasteiger partial charge in [-0.15, -0.1) is 16.4 Å². The van der Waals surface area contributed by atoms with Gasteiger partial charge in [-0.25, -0.2) is 4.98 Å². The lowest BCUT2D eigenvalue weighted by Crippen LogP contribution is -2.55. The summed E-state index contributed by atoms with van der Waals surface area (Å²) in [5.41, 5.74) is 18.8. The average Bonchev–Trinajstić information content (AvgIpc) is 3.59. The van der Waals surface area contributed by atoms with E-state index in [0.29, 0.717) is 0 Å². The van der Waals surface area contributed by atoms with E-state index in [4.69, 9.17) is 4.98 Å². The third kappa shape index (κ3) is 5.06. The molecule has 0 N–H and O–H groups in total. The van der Waals surface area contributed by atoms with Crippen LogP contribution in [0.2, 0.25) is 0 Å². The highest BCUT2D eigenvalue weighted by Crippen LogP contribution is 2.44. The highest BCUT2D eigenvalue weighted by molar-refractivity contribution is 6.68. The molecule has 240 valence electrons. The first kappa shape index (κ1) is 32.0. The average molecular weight is 658 g/mol. The van der Waals surface area contributed by atoms with Crippen LogP contribution in [0.1, 0.15) is 0 Å². The van der Waals surface area contributed by atoms with Gasteiger partial charge in [0.1, 0.15) is 45.1 Å². The number of hydrogen-bond acceptors (Lipinski definition) is 1. The van der Waals surface area contributed by atoms with E-state index >= 15 is 0 Å². The first-order valence-electron chi connectivity index (χ1n) is 18.2. The number of nitrogens with zero attached hydrogens (tertiary/aromatic N) is 2. The third-order valence-corrected chi connectivity index (χ3v) is 11.4. The normalized spacial score (nSPS) is 11.5. The molecule has 0 bridgehead atoms. The number of rotatable bonds is 5. The molecule has 0 fully saturated rings. The molecular weight excluding hydrogens is 623 g/mol. The Labute approximate surface area is 309 Å². The summed E-state index contributed by atoms with van der Waals surface area (Å²) in [7, 11) is 11.3. The Bertz CT molecular complexity index is 2740. The van der Waals surface area contributed by atoms with Crippen molar-refractivity contribution in [3.8, 4) is 50.5 Å². The van der Waals surface area contributed by atoms with Crippen LogP contribution in [0.4, 0.5) is 0 Å². The monoisotopic (exact) mass is 658 g/mol. The molecule has 0 aliphatic rings. The summed E-state index contributed by atoms with van der Waals surface area (Å²) in [5.74, 6) is 0.939. The van der Waals surface area contributed by atoms with Crippen molar-refractivity contribution in [1.82, 2.24) is 9.55 Å². The number of imidazole rings is 1. The van der Waals surface area contributed by atoms with E-state index in [9.17, 15) is 0 Å². The van der Waals surface area contributed by atoms with Gasteiger partial charge in [0.25, 0.3) is 0 Å². The maximum absolute atomic E-state index is 5.12. The second-order valence-electron chi connectivity index (χ2n) is 14.1. The van der Waals surface area contributed by atoms with Crippen molar-refractivity contribution >= 4 is 99.1 Å². The zero-order chi connectivity index (χ0) is 35.5. The molecule has 52 heavy (non-hydrogen) atoms. The highest BCUT2D eigenvalue weighted by atomic mass is 15.1. The molecule has 0 atom stereocenters. The minimum Gasteiger partial charge on any atom is -0.292 e. The van der Waals surface area contributed by atoms with Gasteiger partial charge in [0, 0.05) is 11.3 Å². The summed E-state index contributed by atoms with van der Waals surface area (Å²) < 4.78 is 2.26. The van der Waals surface area contributed by atoms with Gasteiger partial charge < -0.3 is 0 Å². The van der Waals surface area contributed by atoms with Crippen molar-refractivity contribution in [1.29, 1.82) is 0 Å². The van der Waals surface area contributed by atoms with Crippen LogP contribution in [0, 0.1) is 0 Å². The van der Waals surface area contributed by atoms with E-state index in [1.807, 2.05) is 0 Å². The zero-order valence-corrected chi connectivity index (χ0v) is 30.3. The van der Waals surface area contributed by atoms with Crippen LogP contribution < -0.4 is 27.3 Å². The van der Waals surface area contributed by atoms with Gasteiger partial charge >= 0.3 is 0 Å². The topological polar surface area (TPSA) is 17.8 Å². The van der Waals surface area contributed by atoms with E-state index < -0.39 is 0 Å². The molecule has 0 aliphatic carbocycles. The molecule has 8 aromatic carbocycles. The van der Waals surface area contributed by atoms with E-state index in [-0.39, 0.29) is 0 Å². The third-order valence-electron chi connectivity index (χ3n) is 11.4. The van der Waals surface area contributed by atoms with Crippen molar-refractivity contribution in [3.63, 3.8) is 0 Å². The number of hydrogen-bond donors (Lipinski definition) is 0. The van der Waals surface area contributed by atoms with Gasteiger partial charge in [0.15, 0.2) is 0 Å². The smallest absolute Gasteiger partial charge is 0.145 e. The van der Waals surface area contributed by atoms with E-state index in [2.05, 4.69) is 195 Å². The lowest BCUT2D eigenvalue weighted by Gasteiger charge is -2.21. The Hall–Kier alpha value is -5.93. The van der Waals surface area contributed by atoms with Crippen LogP contribution in [-0.2, 0) is 0 Å². The molecule has 0 saturated heterocycles. The molecule has 0 amide bonds. The summed E-state index contributed by atoms with van der Waals surface area (Å²) in [6.45, 7) is 0. The Kier molecular flexibility index (Phi) is 7.81. The number of aromatic nitrogens is 2. The maximum atomic E-state index is 5.12. The van der Waals surface area contributed by atoms with Crippen LogP contribution in [-0.4, -0.2) is 48.8 Å². The maximum Gasteiger partial charge on any atom is 0.145 e. The second kappa shape index (κ2) is 12.7. The largest absolute Gasteiger partial charge is 0.292 e. The first-order chi connectivity index (χ1) is 25.4. The molecule has 7 heteroatoms. The van der Waals surface area contributed by atoms with Gasteiger partial charge in [0.05, 0.1) is 11.0 Å². The molecule has 9 rings (SSSR count). The molecule has 0 aliphatic heterocycles. The fourth-order valence-electron chi connectivity index (χ4n) is 8.33. The quantitative estimate of drug-likeness (QED) is 0.205. The summed E-state index contributed by atoms with van der Waals surface area (Å²) in [6.07, 6.45) is 0. The number of para-hydroxylation sites is 3. The molecule has 0 spiro atoms. The van der Waals surface area contributed by atoms with Gasteiger partial charge in [-0.2, -0.15) is 0 Å². The van der Waals surface area contributed by atoms with Crippen LogP contribution in [0.3, 0.4) is 0 Å². The molecular formula is C45H35B5N2. The van der Waals surface area contributed by atoms with E-state index in [1.54, 1.807) is 0 Å². The fourth-order valence-corrected chi connectivity index (χ4v) is 8.33. The fraction of sp³-hybridized carbons (Fsp3) is 0. The van der Waals surface area contributed by atoms with Crippen LogP contribution in [0.25, 0.3) is 83.0 Å². The van der Waals surface area contributed by atoms with Crippen molar-refractivity contribution < 1.29 is 0 Å². The van der Waals surface area contributed by atoms with Crippen LogP contribution >= 0.6 is 0 Å². The van der Waals surface area contributed by atoms with Crippen molar-refractivity contribution in [2.24, 2.45) is 0 Å². The lowest BCUT2D eigenvalue weighted by molar-refractivity contribution is 1.10. The highest BCUT2D eigenvalue weighted by Gasteiger charge is 2.19. The van der Waals surface area contributed by atoms with Crippen molar-refractivity contribution in [2.45, 2.75) is 0 Å². The SMILES string of the molecule is Bc1c(B)c(B)c(-c2ccc(-c3c4ccccc4c(-c4ccc(-c5nc6ccccc6n5-c5ccccc5)cc4)c4ccccc34)cc2)c(B)c1B. The predicted octanol–water partition coefficient (Wildman–Crippen LogP) is 3.29. The zero-order valence-electron chi connectivity index (χ0n) is 30.3. The van der Waals surface area contributed by atoms with Gasteiger partial charge in [-0.1, -0.05) is 138 Å². The van der Waals surface area contributed by atoms with Gasteiger partial charge in [-0.05, 0) is 79.2 Å². The Balaban J connectivity index is 1.19. The minimum absolute atomic E-state index is 0.939. The summed E-state index contributed by atoms with van der Waals surface area (Å²) in [5, 5.41) is 5.02. The molecule has 2 nitrogen and oxygen atoms in total. The Morgan fingerprint density at radius 3 is 1.23 bits per heavy atom. The molecule has 0 saturated carbocycles. The van der Waals surface area contributed by atoms with E-state index in [0.717, 1.165) is 28.1 Å². The number of fused-ring (bicyclic) bond motifs is 3. The van der Waals surface area contributed by atoms with Crippen molar-refractivity contribution in [2.75, 3.05) is 0 Å². The Morgan fingerprint density at radius 2 is 0.731 bits per heavy atom. The van der Waals surface area contributed by atoms with Crippen LogP contribution in [0.15, 0.2) is 152 Å². The van der Waals surface area contributed by atoms with Gasteiger partial charge in [-0.3, -0.25) is 4.57 Å². The lowest BCUT2D eigenvalue weighted by atomic mass is 9.59. The predicted molar refractivity (Wildman–Crippen MR) is 239 cm³/mol. The molecule has 0 unspecified atom stereocenters. The van der Waals surface area contributed by atoms with Crippen LogP contribution in [0.5, 0.6) is 0 Å². The minimum atomic E-state index is 0.939. The summed E-state index contributed by atoms with van der Waals surface area (Å²) >= 11 is 0. The first-order valence-corrected chi connectivity index (χ1v) is 18.2. The Morgan fingerprint density at radius 1 is 0.346 bits per heavy atom.